The van der Waals surface area contributed by atoms with Gasteiger partial charge in [0.05, 0.1) is 13.1 Å². The van der Waals surface area contributed by atoms with E-state index < -0.39 is 0 Å². The van der Waals surface area contributed by atoms with Crippen LogP contribution in [0.5, 0.6) is 0 Å². The van der Waals surface area contributed by atoms with Gasteiger partial charge in [-0.15, -0.1) is 0 Å². The topological polar surface area (TPSA) is 26.3 Å². The van der Waals surface area contributed by atoms with Crippen molar-refractivity contribution < 1.29 is 26.4 Å². The van der Waals surface area contributed by atoms with Gasteiger partial charge in [-0.1, -0.05) is 43.8 Å². The monoisotopic (exact) mass is 325 g/mol. The van der Waals surface area contributed by atoms with Gasteiger partial charge in [0.25, 0.3) is 0 Å². The number of rotatable bonds is 9. The molecule has 1 aromatic rings. The molecule has 0 aromatic heterocycles. The third-order valence-corrected chi connectivity index (χ3v) is 4.17. The molecule has 3 nitrogen and oxygen atoms in total. The molecule has 0 aliphatic rings. The van der Waals surface area contributed by atoms with E-state index in [0.29, 0.717) is 0 Å². The van der Waals surface area contributed by atoms with Crippen molar-refractivity contribution in [1.82, 2.24) is 0 Å². The summed E-state index contributed by atoms with van der Waals surface area (Å²) >= 11 is 0. The van der Waals surface area contributed by atoms with E-state index in [0.717, 1.165) is 37.0 Å². The third-order valence-electron chi connectivity index (χ3n) is 4.17. The molecule has 0 heterocycles. The Balaban J connectivity index is 0.00000441. The van der Waals surface area contributed by atoms with E-state index in [9.17, 15) is 4.79 Å². The van der Waals surface area contributed by atoms with Gasteiger partial charge < -0.3 is 17.1 Å². The number of benzene rings is 1. The van der Waals surface area contributed by atoms with Crippen LogP contribution in [0, 0.1) is 0 Å². The first-order valence-corrected chi connectivity index (χ1v) is 7.84. The number of hydrogen-bond acceptors (Lipinski definition) is 2. The highest BCUT2D eigenvalue weighted by Crippen LogP contribution is 2.24. The first kappa shape index (κ1) is 20.7. The molecule has 0 fully saturated rings. The van der Waals surface area contributed by atoms with Crippen LogP contribution in [0.1, 0.15) is 39.2 Å². The highest BCUT2D eigenvalue weighted by Gasteiger charge is 2.36. The van der Waals surface area contributed by atoms with E-state index in [4.69, 9.17) is 4.74 Å². The molecule has 1 aromatic carbocycles. The second kappa shape index (κ2) is 10.4. The smallest absolute Gasteiger partial charge is 0.334 e. The van der Waals surface area contributed by atoms with Gasteiger partial charge in [0.1, 0.15) is 6.54 Å². The number of esters is 1. The Morgan fingerprint density at radius 1 is 1.23 bits per heavy atom. The number of hydrogen-bond donors (Lipinski definition) is 0. The minimum absolute atomic E-state index is 0. The summed E-state index contributed by atoms with van der Waals surface area (Å²) in [6.45, 7) is 12.7. The van der Waals surface area contributed by atoms with Crippen molar-refractivity contribution in [3.63, 3.8) is 0 Å². The molecule has 1 unspecified atom stereocenters. The van der Waals surface area contributed by atoms with Crippen molar-refractivity contribution >= 4 is 5.97 Å². The maximum atomic E-state index is 11.7. The molecule has 0 N–H and O–H groups in total. The summed E-state index contributed by atoms with van der Waals surface area (Å²) in [5.74, 6) is -0.328. The van der Waals surface area contributed by atoms with Crippen LogP contribution in [-0.4, -0.2) is 29.8 Å². The van der Waals surface area contributed by atoms with Crippen molar-refractivity contribution in [2.45, 2.75) is 46.4 Å². The van der Waals surface area contributed by atoms with E-state index in [1.165, 1.54) is 11.6 Å². The van der Waals surface area contributed by atoms with Gasteiger partial charge in [-0.2, -0.15) is 0 Å². The standard InChI is InChI=1S/C18H28NO2.ClH/c1-5-12-17(21-18(20)6-2)19(7-3,8-4)15-16-13-10-9-11-14-16;/h6,9-11,13-14,17H,2,5,7-8,12,15H2,1,3-4H3;1H/q+1;/p-1. The molecular formula is C18H28ClNO2. The van der Waals surface area contributed by atoms with E-state index in [2.05, 4.69) is 51.6 Å². The fourth-order valence-electron chi connectivity index (χ4n) is 2.78. The van der Waals surface area contributed by atoms with Crippen molar-refractivity contribution in [1.29, 1.82) is 0 Å². The number of halogens is 1. The van der Waals surface area contributed by atoms with Crippen LogP contribution in [0.2, 0.25) is 0 Å². The Morgan fingerprint density at radius 2 is 1.82 bits per heavy atom. The van der Waals surface area contributed by atoms with Gasteiger partial charge in [0.15, 0.2) is 0 Å². The van der Waals surface area contributed by atoms with Crippen LogP contribution in [-0.2, 0) is 16.1 Å². The summed E-state index contributed by atoms with van der Waals surface area (Å²) in [4.78, 5) is 11.7. The van der Waals surface area contributed by atoms with E-state index >= 15 is 0 Å². The van der Waals surface area contributed by atoms with Gasteiger partial charge in [0, 0.05) is 18.1 Å². The minimum Gasteiger partial charge on any atom is -1.00 e. The molecule has 22 heavy (non-hydrogen) atoms. The van der Waals surface area contributed by atoms with E-state index in [-0.39, 0.29) is 24.6 Å². The van der Waals surface area contributed by atoms with Crippen molar-refractivity contribution in [2.24, 2.45) is 0 Å². The number of carbonyl (C=O) groups is 1. The molecule has 0 aliphatic carbocycles. The largest absolute Gasteiger partial charge is 1.00 e. The second-order valence-corrected chi connectivity index (χ2v) is 5.38. The zero-order valence-corrected chi connectivity index (χ0v) is 14.7. The predicted molar refractivity (Wildman–Crippen MR) is 86.5 cm³/mol. The maximum absolute atomic E-state index is 11.7. The van der Waals surface area contributed by atoms with Gasteiger partial charge in [0.2, 0.25) is 6.23 Å². The SMILES string of the molecule is C=CC(=O)OC(CCC)[N+](CC)(CC)Cc1ccccc1.[Cl-]. The van der Waals surface area contributed by atoms with Crippen LogP contribution < -0.4 is 12.4 Å². The molecule has 0 aliphatic heterocycles. The van der Waals surface area contributed by atoms with Crippen LogP contribution >= 0.6 is 0 Å². The van der Waals surface area contributed by atoms with Crippen molar-refractivity contribution in [3.8, 4) is 0 Å². The molecule has 1 atom stereocenters. The zero-order valence-electron chi connectivity index (χ0n) is 13.9. The molecule has 0 saturated heterocycles. The number of quaternary nitrogens is 1. The van der Waals surface area contributed by atoms with Crippen LogP contribution in [0.15, 0.2) is 43.0 Å². The molecule has 0 spiro atoms. The lowest BCUT2D eigenvalue weighted by molar-refractivity contribution is -0.978. The van der Waals surface area contributed by atoms with Gasteiger partial charge in [-0.3, -0.25) is 4.48 Å². The summed E-state index contributed by atoms with van der Waals surface area (Å²) in [6.07, 6.45) is 3.00. The van der Waals surface area contributed by atoms with Crippen molar-refractivity contribution in [2.75, 3.05) is 13.1 Å². The maximum Gasteiger partial charge on any atom is 0.334 e. The molecule has 4 heteroatoms. The molecule has 0 radical (unpaired) electrons. The molecule has 1 rings (SSSR count). The Kier molecular flexibility index (Phi) is 9.79. The Hall–Kier alpha value is -1.32. The van der Waals surface area contributed by atoms with Gasteiger partial charge >= 0.3 is 5.97 Å². The van der Waals surface area contributed by atoms with Gasteiger partial charge in [-0.05, 0) is 20.3 Å². The zero-order chi connectivity index (χ0) is 15.7. The fourth-order valence-corrected chi connectivity index (χ4v) is 2.78. The van der Waals surface area contributed by atoms with Crippen LogP contribution in [0.3, 0.4) is 0 Å². The minimum atomic E-state index is -0.328. The van der Waals surface area contributed by atoms with E-state index in [1.54, 1.807) is 0 Å². The summed E-state index contributed by atoms with van der Waals surface area (Å²) in [5.41, 5.74) is 1.27. The van der Waals surface area contributed by atoms with E-state index in [1.807, 2.05) is 6.07 Å². The Labute approximate surface area is 141 Å². The third kappa shape index (κ3) is 5.47. The quantitative estimate of drug-likeness (QED) is 0.292. The summed E-state index contributed by atoms with van der Waals surface area (Å²) in [7, 11) is 0. The molecule has 0 bridgehead atoms. The van der Waals surface area contributed by atoms with Crippen LogP contribution in [0.25, 0.3) is 0 Å². The van der Waals surface area contributed by atoms with Crippen LogP contribution in [0.4, 0.5) is 0 Å². The normalized spacial score (nSPS) is 12.1. The number of ether oxygens (including phenoxy) is 1. The predicted octanol–water partition coefficient (Wildman–Crippen LogP) is 0.903. The lowest BCUT2D eigenvalue weighted by atomic mass is 10.1. The Bertz CT molecular complexity index is 444. The summed E-state index contributed by atoms with van der Waals surface area (Å²) in [6, 6.07) is 10.4. The first-order valence-electron chi connectivity index (χ1n) is 7.84. The number of nitrogens with zero attached hydrogens (tertiary/aromatic N) is 1. The first-order chi connectivity index (χ1) is 10.1. The second-order valence-electron chi connectivity index (χ2n) is 5.38. The lowest BCUT2D eigenvalue weighted by Crippen LogP contribution is -3.00. The average molecular weight is 326 g/mol. The summed E-state index contributed by atoms with van der Waals surface area (Å²) < 4.78 is 6.44. The highest BCUT2D eigenvalue weighted by atomic mass is 35.5. The summed E-state index contributed by atoms with van der Waals surface area (Å²) in [5, 5.41) is 0. The lowest BCUT2D eigenvalue weighted by Gasteiger charge is -2.42. The molecule has 124 valence electrons. The Morgan fingerprint density at radius 3 is 2.27 bits per heavy atom. The fraction of sp³-hybridized carbons (Fsp3) is 0.500. The highest BCUT2D eigenvalue weighted by molar-refractivity contribution is 5.81. The molecular weight excluding hydrogens is 298 g/mol. The number of carbonyl (C=O) groups excluding carboxylic acids is 1. The average Bonchev–Trinajstić information content (AvgIpc) is 2.53. The molecule has 0 saturated carbocycles. The van der Waals surface area contributed by atoms with Crippen molar-refractivity contribution in [3.05, 3.63) is 48.6 Å². The molecule has 0 amide bonds. The van der Waals surface area contributed by atoms with Gasteiger partial charge in [-0.25, -0.2) is 4.79 Å².